The SMILES string of the molecule is C=C(C1=NCCc2cc(OCCC)ccc21)c1ccc([N+](=O)[O-])o1. The van der Waals surface area contributed by atoms with Gasteiger partial charge in [-0.2, -0.15) is 0 Å². The third kappa shape index (κ3) is 3.08. The van der Waals surface area contributed by atoms with Crippen LogP contribution in [-0.4, -0.2) is 23.8 Å². The highest BCUT2D eigenvalue weighted by Crippen LogP contribution is 2.29. The number of benzene rings is 1. The van der Waals surface area contributed by atoms with Crippen molar-refractivity contribution in [2.45, 2.75) is 19.8 Å². The van der Waals surface area contributed by atoms with Gasteiger partial charge in [0.25, 0.3) is 0 Å². The topological polar surface area (TPSA) is 77.9 Å². The summed E-state index contributed by atoms with van der Waals surface area (Å²) in [7, 11) is 0. The van der Waals surface area contributed by atoms with E-state index < -0.39 is 4.92 Å². The zero-order chi connectivity index (χ0) is 17.1. The molecule has 2 heterocycles. The van der Waals surface area contributed by atoms with Gasteiger partial charge in [-0.25, -0.2) is 0 Å². The molecule has 0 saturated heterocycles. The van der Waals surface area contributed by atoms with Gasteiger partial charge in [0.1, 0.15) is 16.4 Å². The maximum atomic E-state index is 10.8. The minimum absolute atomic E-state index is 0.300. The summed E-state index contributed by atoms with van der Waals surface area (Å²) in [6.45, 7) is 7.40. The molecule has 3 rings (SSSR count). The van der Waals surface area contributed by atoms with E-state index in [4.69, 9.17) is 9.15 Å². The molecule has 6 nitrogen and oxygen atoms in total. The second-order valence-corrected chi connectivity index (χ2v) is 5.52. The zero-order valence-electron chi connectivity index (χ0n) is 13.4. The number of furan rings is 1. The predicted octanol–water partition coefficient (Wildman–Crippen LogP) is 4.04. The molecule has 1 aliphatic rings. The number of hydrogen-bond acceptors (Lipinski definition) is 5. The average molecular weight is 326 g/mol. The van der Waals surface area contributed by atoms with Crippen LogP contribution >= 0.6 is 0 Å². The molecule has 24 heavy (non-hydrogen) atoms. The van der Waals surface area contributed by atoms with Crippen LogP contribution in [0.25, 0.3) is 5.57 Å². The summed E-state index contributed by atoms with van der Waals surface area (Å²) in [5.41, 5.74) is 3.36. The summed E-state index contributed by atoms with van der Waals surface area (Å²) in [5.74, 6) is 0.904. The van der Waals surface area contributed by atoms with E-state index in [2.05, 4.69) is 18.5 Å². The Morgan fingerprint density at radius 2 is 2.25 bits per heavy atom. The monoisotopic (exact) mass is 326 g/mol. The van der Waals surface area contributed by atoms with Gasteiger partial charge in [0.2, 0.25) is 0 Å². The van der Waals surface area contributed by atoms with Crippen molar-refractivity contribution in [1.29, 1.82) is 0 Å². The standard InChI is InChI=1S/C18H18N2O4/c1-3-10-23-14-4-5-15-13(11-14)8-9-19-18(15)12(2)16-6-7-17(24-16)20(21)22/h4-7,11H,2-3,8-10H2,1H3. The number of hydrogen-bond donors (Lipinski definition) is 0. The first kappa shape index (κ1) is 16.0. The van der Waals surface area contributed by atoms with Crippen molar-refractivity contribution >= 4 is 17.2 Å². The number of nitrogens with zero attached hydrogens (tertiary/aromatic N) is 2. The van der Waals surface area contributed by atoms with Crippen LogP contribution < -0.4 is 4.74 Å². The lowest BCUT2D eigenvalue weighted by molar-refractivity contribution is -0.402. The van der Waals surface area contributed by atoms with E-state index in [0.717, 1.165) is 29.7 Å². The molecule has 0 bridgehead atoms. The van der Waals surface area contributed by atoms with Crippen molar-refractivity contribution in [1.82, 2.24) is 0 Å². The normalized spacial score (nSPS) is 13.1. The average Bonchev–Trinajstić information content (AvgIpc) is 3.09. The number of fused-ring (bicyclic) bond motifs is 1. The van der Waals surface area contributed by atoms with Crippen LogP contribution in [0.3, 0.4) is 0 Å². The van der Waals surface area contributed by atoms with E-state index in [9.17, 15) is 10.1 Å². The van der Waals surface area contributed by atoms with Gasteiger partial charge < -0.3 is 9.15 Å². The molecule has 1 aliphatic heterocycles. The van der Waals surface area contributed by atoms with E-state index in [1.807, 2.05) is 18.2 Å². The molecule has 1 aromatic heterocycles. The largest absolute Gasteiger partial charge is 0.494 e. The summed E-state index contributed by atoms with van der Waals surface area (Å²) in [6, 6.07) is 8.77. The minimum Gasteiger partial charge on any atom is -0.494 e. The summed E-state index contributed by atoms with van der Waals surface area (Å²) >= 11 is 0. The van der Waals surface area contributed by atoms with Crippen LogP contribution in [0, 0.1) is 10.1 Å². The molecule has 0 aliphatic carbocycles. The van der Waals surface area contributed by atoms with Gasteiger partial charge in [0.15, 0.2) is 0 Å². The lowest BCUT2D eigenvalue weighted by Gasteiger charge is -2.18. The Labute approximate surface area is 139 Å². The molecule has 0 radical (unpaired) electrons. The Bertz CT molecular complexity index is 820. The molecule has 2 aromatic rings. The van der Waals surface area contributed by atoms with E-state index >= 15 is 0 Å². The van der Waals surface area contributed by atoms with E-state index in [0.29, 0.717) is 30.2 Å². The highest BCUT2D eigenvalue weighted by molar-refractivity contribution is 6.31. The van der Waals surface area contributed by atoms with Crippen LogP contribution in [0.5, 0.6) is 5.75 Å². The van der Waals surface area contributed by atoms with Crippen molar-refractivity contribution in [3.63, 3.8) is 0 Å². The highest BCUT2D eigenvalue weighted by Gasteiger charge is 2.22. The van der Waals surface area contributed by atoms with E-state index in [-0.39, 0.29) is 5.88 Å². The molecular weight excluding hydrogens is 308 g/mol. The molecule has 0 N–H and O–H groups in total. The Balaban J connectivity index is 1.88. The predicted molar refractivity (Wildman–Crippen MR) is 91.7 cm³/mol. The van der Waals surface area contributed by atoms with Crippen molar-refractivity contribution in [2.75, 3.05) is 13.2 Å². The van der Waals surface area contributed by atoms with Gasteiger partial charge in [0.05, 0.1) is 18.4 Å². The first-order chi connectivity index (χ1) is 11.6. The van der Waals surface area contributed by atoms with Crippen molar-refractivity contribution in [3.05, 3.63) is 63.9 Å². The molecule has 0 spiro atoms. The summed E-state index contributed by atoms with van der Waals surface area (Å²) in [6.07, 6.45) is 1.78. The molecule has 6 heteroatoms. The quantitative estimate of drug-likeness (QED) is 0.593. The molecule has 0 saturated carbocycles. The van der Waals surface area contributed by atoms with Gasteiger partial charge in [-0.05, 0) is 42.7 Å². The number of rotatable bonds is 6. The Morgan fingerprint density at radius 1 is 1.42 bits per heavy atom. The minimum atomic E-state index is -0.565. The second kappa shape index (κ2) is 6.70. The van der Waals surface area contributed by atoms with Gasteiger partial charge >= 0.3 is 5.88 Å². The van der Waals surface area contributed by atoms with Crippen LogP contribution in [0.1, 0.15) is 30.2 Å². The fourth-order valence-electron chi connectivity index (χ4n) is 2.65. The fraction of sp³-hybridized carbons (Fsp3) is 0.278. The van der Waals surface area contributed by atoms with Gasteiger partial charge in [0, 0.05) is 17.7 Å². The molecule has 124 valence electrons. The molecular formula is C18H18N2O4. The van der Waals surface area contributed by atoms with Crippen LogP contribution in [0.15, 0.2) is 46.3 Å². The summed E-state index contributed by atoms with van der Waals surface area (Å²) in [4.78, 5) is 14.7. The van der Waals surface area contributed by atoms with Gasteiger partial charge in [-0.1, -0.05) is 13.5 Å². The van der Waals surface area contributed by atoms with Crippen LogP contribution in [0.4, 0.5) is 5.88 Å². The number of nitro groups is 1. The molecule has 1 aromatic carbocycles. The second-order valence-electron chi connectivity index (χ2n) is 5.52. The van der Waals surface area contributed by atoms with E-state index in [1.54, 1.807) is 6.07 Å². The van der Waals surface area contributed by atoms with Crippen LogP contribution in [-0.2, 0) is 6.42 Å². The smallest absolute Gasteiger partial charge is 0.433 e. The fourth-order valence-corrected chi connectivity index (χ4v) is 2.65. The van der Waals surface area contributed by atoms with Gasteiger partial charge in [-0.3, -0.25) is 15.1 Å². The zero-order valence-corrected chi connectivity index (χ0v) is 13.4. The maximum Gasteiger partial charge on any atom is 0.433 e. The number of aliphatic imine (C=N–C) groups is 1. The van der Waals surface area contributed by atoms with Crippen molar-refractivity contribution in [2.24, 2.45) is 4.99 Å². The lowest BCUT2D eigenvalue weighted by Crippen LogP contribution is -2.14. The Kier molecular flexibility index (Phi) is 4.46. The van der Waals surface area contributed by atoms with E-state index in [1.165, 1.54) is 6.07 Å². The molecule has 0 amide bonds. The Hall–Kier alpha value is -2.89. The van der Waals surface area contributed by atoms with Crippen LogP contribution in [0.2, 0.25) is 0 Å². The Morgan fingerprint density at radius 3 is 2.96 bits per heavy atom. The van der Waals surface area contributed by atoms with Gasteiger partial charge in [-0.15, -0.1) is 0 Å². The van der Waals surface area contributed by atoms with Crippen molar-refractivity contribution in [3.8, 4) is 5.75 Å². The third-order valence-electron chi connectivity index (χ3n) is 3.81. The molecule has 0 fully saturated rings. The lowest BCUT2D eigenvalue weighted by atomic mass is 9.93. The number of allylic oxidation sites excluding steroid dienone is 1. The molecule has 0 unspecified atom stereocenters. The summed E-state index contributed by atoms with van der Waals surface area (Å²) in [5, 5.41) is 10.8. The third-order valence-corrected chi connectivity index (χ3v) is 3.81. The first-order valence-electron chi connectivity index (χ1n) is 7.84. The number of ether oxygens (including phenoxy) is 1. The first-order valence-corrected chi connectivity index (χ1v) is 7.84. The molecule has 0 atom stereocenters. The maximum absolute atomic E-state index is 10.8. The highest BCUT2D eigenvalue weighted by atomic mass is 16.6. The summed E-state index contributed by atoms with van der Waals surface area (Å²) < 4.78 is 10.9. The van der Waals surface area contributed by atoms with Crippen molar-refractivity contribution < 1.29 is 14.1 Å².